The molecular formula is C20H21ClN2O2. The number of likely N-dealkylation sites (tertiary alicyclic amines) is 1. The first-order chi connectivity index (χ1) is 12.0. The number of benzene rings is 2. The quantitative estimate of drug-likeness (QED) is 0.882. The van der Waals surface area contributed by atoms with Crippen LogP contribution in [0.2, 0.25) is 5.02 Å². The summed E-state index contributed by atoms with van der Waals surface area (Å²) in [4.78, 5) is 26.7. The molecule has 2 aromatic carbocycles. The third-order valence-electron chi connectivity index (χ3n) is 4.59. The van der Waals surface area contributed by atoms with E-state index in [1.165, 1.54) is 0 Å². The van der Waals surface area contributed by atoms with Crippen molar-refractivity contribution in [1.29, 1.82) is 0 Å². The van der Waals surface area contributed by atoms with Crippen LogP contribution >= 0.6 is 11.6 Å². The zero-order valence-corrected chi connectivity index (χ0v) is 14.9. The second-order valence-corrected chi connectivity index (χ2v) is 6.89. The Kier molecular flexibility index (Phi) is 5.39. The van der Waals surface area contributed by atoms with Gasteiger partial charge in [0, 0.05) is 24.2 Å². The maximum Gasteiger partial charge on any atom is 0.255 e. The van der Waals surface area contributed by atoms with Gasteiger partial charge in [-0.15, -0.1) is 0 Å². The molecule has 0 radical (unpaired) electrons. The van der Waals surface area contributed by atoms with Crippen LogP contribution in [0.15, 0.2) is 48.5 Å². The largest absolute Gasteiger partial charge is 0.339 e. The molecular weight excluding hydrogens is 336 g/mol. The molecule has 0 unspecified atom stereocenters. The van der Waals surface area contributed by atoms with E-state index >= 15 is 0 Å². The van der Waals surface area contributed by atoms with Crippen molar-refractivity contribution in [2.75, 3.05) is 18.4 Å². The average Bonchev–Trinajstić information content (AvgIpc) is 2.64. The van der Waals surface area contributed by atoms with E-state index in [2.05, 4.69) is 12.2 Å². The van der Waals surface area contributed by atoms with Gasteiger partial charge in [-0.05, 0) is 55.2 Å². The standard InChI is InChI=1S/C20H21ClN2O2/c1-14-10-12-23(13-11-14)20(25)16-8-6-15(7-9-16)19(24)22-18-5-3-2-4-17(18)21/h2-9,14H,10-13H2,1H3,(H,22,24). The normalized spacial score (nSPS) is 15.0. The maximum atomic E-state index is 12.5. The molecule has 1 aliphatic heterocycles. The van der Waals surface area contributed by atoms with Gasteiger partial charge >= 0.3 is 0 Å². The van der Waals surface area contributed by atoms with Crippen LogP contribution in [0.5, 0.6) is 0 Å². The molecule has 0 spiro atoms. The molecule has 5 heteroatoms. The van der Waals surface area contributed by atoms with Crippen LogP contribution in [0.4, 0.5) is 5.69 Å². The summed E-state index contributed by atoms with van der Waals surface area (Å²) < 4.78 is 0. The Labute approximate surface area is 152 Å². The van der Waals surface area contributed by atoms with Crippen LogP contribution in [0.3, 0.4) is 0 Å². The van der Waals surface area contributed by atoms with E-state index in [4.69, 9.17) is 11.6 Å². The Morgan fingerprint density at radius 2 is 1.60 bits per heavy atom. The van der Waals surface area contributed by atoms with Crippen molar-refractivity contribution < 1.29 is 9.59 Å². The highest BCUT2D eigenvalue weighted by Gasteiger charge is 2.21. The number of anilines is 1. The summed E-state index contributed by atoms with van der Waals surface area (Å²) in [6.07, 6.45) is 2.09. The van der Waals surface area contributed by atoms with Crippen LogP contribution in [0.25, 0.3) is 0 Å². The molecule has 1 fully saturated rings. The summed E-state index contributed by atoms with van der Waals surface area (Å²) in [6, 6.07) is 13.8. The van der Waals surface area contributed by atoms with Gasteiger partial charge in [0.15, 0.2) is 0 Å². The monoisotopic (exact) mass is 356 g/mol. The van der Waals surface area contributed by atoms with Gasteiger partial charge < -0.3 is 10.2 Å². The number of para-hydroxylation sites is 1. The van der Waals surface area contributed by atoms with E-state index in [1.54, 1.807) is 42.5 Å². The second-order valence-electron chi connectivity index (χ2n) is 6.49. The van der Waals surface area contributed by atoms with Gasteiger partial charge in [-0.3, -0.25) is 9.59 Å². The van der Waals surface area contributed by atoms with Crippen molar-refractivity contribution in [3.8, 4) is 0 Å². The Morgan fingerprint density at radius 3 is 2.24 bits per heavy atom. The summed E-state index contributed by atoms with van der Waals surface area (Å²) in [5.74, 6) is 0.462. The minimum absolute atomic E-state index is 0.0324. The first-order valence-corrected chi connectivity index (χ1v) is 8.87. The Hall–Kier alpha value is -2.33. The van der Waals surface area contributed by atoms with E-state index in [1.807, 2.05) is 11.0 Å². The van der Waals surface area contributed by atoms with Crippen LogP contribution < -0.4 is 5.32 Å². The van der Waals surface area contributed by atoms with E-state index < -0.39 is 0 Å². The Bertz CT molecular complexity index is 766. The third kappa shape index (κ3) is 4.20. The molecule has 2 aromatic rings. The number of nitrogens with one attached hydrogen (secondary N) is 1. The molecule has 0 aromatic heterocycles. The van der Waals surface area contributed by atoms with Crippen LogP contribution in [0.1, 0.15) is 40.5 Å². The fraction of sp³-hybridized carbons (Fsp3) is 0.300. The number of amides is 2. The lowest BCUT2D eigenvalue weighted by atomic mass is 9.98. The van der Waals surface area contributed by atoms with Crippen LogP contribution in [0, 0.1) is 5.92 Å². The predicted octanol–water partition coefficient (Wildman–Crippen LogP) is 4.46. The van der Waals surface area contributed by atoms with E-state index in [0.29, 0.717) is 27.8 Å². The number of halogens is 1. The molecule has 1 aliphatic rings. The van der Waals surface area contributed by atoms with Crippen molar-refractivity contribution >= 4 is 29.1 Å². The van der Waals surface area contributed by atoms with E-state index in [0.717, 1.165) is 25.9 Å². The average molecular weight is 357 g/mol. The van der Waals surface area contributed by atoms with Gasteiger partial charge in [-0.1, -0.05) is 30.7 Å². The summed E-state index contributed by atoms with van der Waals surface area (Å²) in [7, 11) is 0. The molecule has 1 saturated heterocycles. The summed E-state index contributed by atoms with van der Waals surface area (Å²) in [5, 5.41) is 3.27. The molecule has 4 nitrogen and oxygen atoms in total. The zero-order chi connectivity index (χ0) is 17.8. The summed E-state index contributed by atoms with van der Waals surface area (Å²) >= 11 is 6.05. The van der Waals surface area contributed by atoms with Gasteiger partial charge in [0.2, 0.25) is 0 Å². The smallest absolute Gasteiger partial charge is 0.255 e. The molecule has 1 N–H and O–H groups in total. The first kappa shape index (κ1) is 17.5. The number of nitrogens with zero attached hydrogens (tertiary/aromatic N) is 1. The fourth-order valence-electron chi connectivity index (χ4n) is 2.92. The highest BCUT2D eigenvalue weighted by molar-refractivity contribution is 6.33. The number of rotatable bonds is 3. The minimum atomic E-state index is -0.251. The summed E-state index contributed by atoms with van der Waals surface area (Å²) in [5.41, 5.74) is 1.67. The van der Waals surface area contributed by atoms with Gasteiger partial charge in [0.1, 0.15) is 0 Å². The number of hydrogen-bond acceptors (Lipinski definition) is 2. The molecule has 3 rings (SSSR count). The molecule has 2 amide bonds. The molecule has 130 valence electrons. The van der Waals surface area contributed by atoms with E-state index in [-0.39, 0.29) is 11.8 Å². The number of carbonyl (C=O) groups is 2. The molecule has 25 heavy (non-hydrogen) atoms. The Morgan fingerprint density at radius 1 is 1.00 bits per heavy atom. The molecule has 0 saturated carbocycles. The van der Waals surface area contributed by atoms with E-state index in [9.17, 15) is 9.59 Å². The lowest BCUT2D eigenvalue weighted by Crippen LogP contribution is -2.37. The summed E-state index contributed by atoms with van der Waals surface area (Å²) in [6.45, 7) is 3.82. The van der Waals surface area contributed by atoms with Crippen molar-refractivity contribution in [3.05, 3.63) is 64.7 Å². The van der Waals surface area contributed by atoms with Crippen molar-refractivity contribution in [1.82, 2.24) is 4.90 Å². The lowest BCUT2D eigenvalue weighted by Gasteiger charge is -2.30. The molecule has 0 bridgehead atoms. The van der Waals surface area contributed by atoms with Crippen LogP contribution in [-0.2, 0) is 0 Å². The van der Waals surface area contributed by atoms with Gasteiger partial charge in [-0.2, -0.15) is 0 Å². The lowest BCUT2D eigenvalue weighted by molar-refractivity contribution is 0.0697. The number of piperidine rings is 1. The highest BCUT2D eigenvalue weighted by atomic mass is 35.5. The second kappa shape index (κ2) is 7.70. The molecule has 1 heterocycles. The highest BCUT2D eigenvalue weighted by Crippen LogP contribution is 2.22. The van der Waals surface area contributed by atoms with Crippen molar-refractivity contribution in [2.24, 2.45) is 5.92 Å². The third-order valence-corrected chi connectivity index (χ3v) is 4.92. The molecule has 0 atom stereocenters. The van der Waals surface area contributed by atoms with Crippen molar-refractivity contribution in [3.63, 3.8) is 0 Å². The number of hydrogen-bond donors (Lipinski definition) is 1. The maximum absolute atomic E-state index is 12.5. The predicted molar refractivity (Wildman–Crippen MR) is 100 cm³/mol. The fourth-order valence-corrected chi connectivity index (χ4v) is 3.10. The zero-order valence-electron chi connectivity index (χ0n) is 14.2. The van der Waals surface area contributed by atoms with Gasteiger partial charge in [-0.25, -0.2) is 0 Å². The van der Waals surface area contributed by atoms with Crippen molar-refractivity contribution in [2.45, 2.75) is 19.8 Å². The SMILES string of the molecule is CC1CCN(C(=O)c2ccc(C(=O)Nc3ccccc3Cl)cc2)CC1. The topological polar surface area (TPSA) is 49.4 Å². The van der Waals surface area contributed by atoms with Crippen LogP contribution in [-0.4, -0.2) is 29.8 Å². The Balaban J connectivity index is 1.66. The number of carbonyl (C=O) groups excluding carboxylic acids is 2. The molecule has 0 aliphatic carbocycles. The minimum Gasteiger partial charge on any atom is -0.339 e. The van der Waals surface area contributed by atoms with Gasteiger partial charge in [0.25, 0.3) is 11.8 Å². The van der Waals surface area contributed by atoms with Gasteiger partial charge in [0.05, 0.1) is 10.7 Å². The first-order valence-electron chi connectivity index (χ1n) is 8.50.